The number of hydrogen-bond donors (Lipinski definition) is 3. The molecule has 1 amide bonds. The summed E-state index contributed by atoms with van der Waals surface area (Å²) in [5.74, 6) is -2.26. The van der Waals surface area contributed by atoms with Crippen molar-refractivity contribution in [2.24, 2.45) is 16.0 Å². The number of hydrazone groups is 1. The number of aliphatic imine (C=N–C) groups is 1. The normalized spacial score (nSPS) is 19.2. The molecule has 0 aliphatic carbocycles. The van der Waals surface area contributed by atoms with E-state index in [1.54, 1.807) is 12.3 Å². The minimum Gasteiger partial charge on any atom is -0.469 e. The van der Waals surface area contributed by atoms with E-state index in [2.05, 4.69) is 30.6 Å². The third-order valence-corrected chi connectivity index (χ3v) is 4.41. The van der Waals surface area contributed by atoms with Gasteiger partial charge < -0.3 is 19.8 Å². The lowest BCUT2D eigenvalue weighted by atomic mass is 9.99. The molecule has 2 aliphatic rings. The van der Waals surface area contributed by atoms with Crippen molar-refractivity contribution in [1.29, 1.82) is 0 Å². The van der Waals surface area contributed by atoms with Crippen molar-refractivity contribution in [1.82, 2.24) is 15.7 Å². The van der Waals surface area contributed by atoms with E-state index < -0.39 is 17.9 Å². The minimum absolute atomic E-state index is 0.0886. The van der Waals surface area contributed by atoms with Gasteiger partial charge in [-0.3, -0.25) is 14.6 Å². The Labute approximate surface area is 164 Å². The van der Waals surface area contributed by atoms with Crippen molar-refractivity contribution in [3.63, 3.8) is 0 Å². The van der Waals surface area contributed by atoms with Crippen LogP contribution in [-0.2, 0) is 25.5 Å². The number of ether oxygens (including phenoxy) is 2. The van der Waals surface area contributed by atoms with Crippen molar-refractivity contribution in [3.8, 4) is 0 Å². The molecule has 1 unspecified atom stereocenters. The van der Waals surface area contributed by atoms with Gasteiger partial charge in [0.05, 0.1) is 43.3 Å². The number of methoxy groups -OCH3 is 2. The number of carbonyl (C=O) groups excluding carboxylic acids is 3. The minimum atomic E-state index is -0.690. The Kier molecular flexibility index (Phi) is 5.59. The van der Waals surface area contributed by atoms with Gasteiger partial charge in [-0.25, -0.2) is 10.2 Å². The molecule has 10 nitrogen and oxygen atoms in total. The van der Waals surface area contributed by atoms with Crippen molar-refractivity contribution >= 4 is 47.4 Å². The molecule has 2 aliphatic heterocycles. The molecule has 0 saturated heterocycles. The van der Waals surface area contributed by atoms with Gasteiger partial charge in [0.15, 0.2) is 0 Å². The van der Waals surface area contributed by atoms with Gasteiger partial charge in [-0.05, 0) is 6.08 Å². The maximum absolute atomic E-state index is 12.3. The molecule has 146 valence electrons. The van der Waals surface area contributed by atoms with Crippen LogP contribution >= 0.6 is 11.6 Å². The molecule has 3 N–H and O–H groups in total. The lowest BCUT2D eigenvalue weighted by Crippen LogP contribution is -2.32. The van der Waals surface area contributed by atoms with Crippen LogP contribution in [0, 0.1) is 5.92 Å². The summed E-state index contributed by atoms with van der Waals surface area (Å²) in [6, 6.07) is 0. The maximum Gasteiger partial charge on any atom is 0.340 e. The van der Waals surface area contributed by atoms with Crippen LogP contribution in [-0.4, -0.2) is 49.0 Å². The van der Waals surface area contributed by atoms with E-state index in [-0.39, 0.29) is 34.3 Å². The number of rotatable bonds is 5. The lowest BCUT2D eigenvalue weighted by Gasteiger charge is -2.16. The molecule has 28 heavy (non-hydrogen) atoms. The molecule has 0 fully saturated rings. The first-order valence-electron chi connectivity index (χ1n) is 8.06. The number of allylic oxidation sites excluding steroid dienone is 1. The van der Waals surface area contributed by atoms with Crippen LogP contribution in [0.1, 0.15) is 21.6 Å². The molecule has 1 aromatic rings. The zero-order chi connectivity index (χ0) is 20.3. The van der Waals surface area contributed by atoms with Crippen LogP contribution in [0.4, 0.5) is 0 Å². The van der Waals surface area contributed by atoms with E-state index in [1.165, 1.54) is 26.6 Å². The zero-order valence-electron chi connectivity index (χ0n) is 14.9. The number of H-pyrrole nitrogens is 1. The highest BCUT2D eigenvalue weighted by atomic mass is 35.5. The van der Waals surface area contributed by atoms with Gasteiger partial charge in [0.25, 0.3) is 5.91 Å². The highest BCUT2D eigenvalue weighted by molar-refractivity contribution is 6.31. The number of nitrogens with one attached hydrogen (secondary N) is 3. The Balaban J connectivity index is 2.06. The molecule has 1 aromatic heterocycles. The predicted molar refractivity (Wildman–Crippen MR) is 101 cm³/mol. The molecular weight excluding hydrogens is 390 g/mol. The summed E-state index contributed by atoms with van der Waals surface area (Å²) in [4.78, 5) is 43.1. The molecule has 3 heterocycles. The Hall–Kier alpha value is -3.40. The second-order valence-corrected chi connectivity index (χ2v) is 6.09. The molecule has 0 bridgehead atoms. The SMILES string of the molecule is COC(=O)Cc1c(Cl)[nH]c(C=C2NC=CN=C2C2C=NNC2=O)c1C(=O)OC. The number of halogens is 1. The highest BCUT2D eigenvalue weighted by Gasteiger charge is 2.31. The van der Waals surface area contributed by atoms with Crippen molar-refractivity contribution in [2.75, 3.05) is 14.2 Å². The van der Waals surface area contributed by atoms with Gasteiger partial charge in [0.2, 0.25) is 0 Å². The fraction of sp³-hybridized carbons (Fsp3) is 0.235. The molecular formula is C17H16ClN5O5. The van der Waals surface area contributed by atoms with Crippen LogP contribution in [0.3, 0.4) is 0 Å². The second kappa shape index (κ2) is 8.09. The Morgan fingerprint density at radius 1 is 1.32 bits per heavy atom. The van der Waals surface area contributed by atoms with Gasteiger partial charge in [0.1, 0.15) is 11.1 Å². The Bertz CT molecular complexity index is 959. The Morgan fingerprint density at radius 2 is 2.11 bits per heavy atom. The van der Waals surface area contributed by atoms with Crippen LogP contribution in [0.25, 0.3) is 6.08 Å². The van der Waals surface area contributed by atoms with Crippen LogP contribution in [0.15, 0.2) is 28.2 Å². The average Bonchev–Trinajstić information content (AvgIpc) is 3.25. The monoisotopic (exact) mass is 405 g/mol. The summed E-state index contributed by atoms with van der Waals surface area (Å²) in [7, 11) is 2.45. The molecule has 0 radical (unpaired) electrons. The summed E-state index contributed by atoms with van der Waals surface area (Å²) >= 11 is 6.21. The van der Waals surface area contributed by atoms with Crippen molar-refractivity contribution in [2.45, 2.75) is 6.42 Å². The second-order valence-electron chi connectivity index (χ2n) is 5.72. The number of carbonyl (C=O) groups is 3. The summed E-state index contributed by atoms with van der Waals surface area (Å²) in [5.41, 5.74) is 3.82. The van der Waals surface area contributed by atoms with Gasteiger partial charge in [-0.1, -0.05) is 11.6 Å². The van der Waals surface area contributed by atoms with E-state index >= 15 is 0 Å². The molecule has 3 rings (SSSR count). The van der Waals surface area contributed by atoms with Gasteiger partial charge in [-0.2, -0.15) is 5.10 Å². The molecule has 0 aromatic carbocycles. The number of esters is 2. The summed E-state index contributed by atoms with van der Waals surface area (Å²) in [6.07, 6.45) is 5.84. The van der Waals surface area contributed by atoms with Crippen LogP contribution in [0.5, 0.6) is 0 Å². The lowest BCUT2D eigenvalue weighted by molar-refractivity contribution is -0.139. The highest BCUT2D eigenvalue weighted by Crippen LogP contribution is 2.28. The Morgan fingerprint density at radius 3 is 2.75 bits per heavy atom. The van der Waals surface area contributed by atoms with E-state index in [0.717, 1.165) is 0 Å². The third kappa shape index (κ3) is 3.67. The summed E-state index contributed by atoms with van der Waals surface area (Å²) in [5, 5.41) is 6.82. The number of hydrogen-bond acceptors (Lipinski definition) is 8. The largest absolute Gasteiger partial charge is 0.469 e. The van der Waals surface area contributed by atoms with Crippen molar-refractivity contribution < 1.29 is 23.9 Å². The van der Waals surface area contributed by atoms with E-state index in [1.807, 2.05) is 0 Å². The van der Waals surface area contributed by atoms with Gasteiger partial charge in [-0.15, -0.1) is 0 Å². The fourth-order valence-corrected chi connectivity index (χ4v) is 3.02. The van der Waals surface area contributed by atoms with Crippen LogP contribution < -0.4 is 10.7 Å². The first-order valence-corrected chi connectivity index (χ1v) is 8.43. The fourth-order valence-electron chi connectivity index (χ4n) is 2.76. The molecule has 11 heteroatoms. The quantitative estimate of drug-likeness (QED) is 0.619. The first-order chi connectivity index (χ1) is 13.5. The zero-order valence-corrected chi connectivity index (χ0v) is 15.7. The predicted octanol–water partition coefficient (Wildman–Crippen LogP) is 0.758. The molecule has 0 spiro atoms. The number of aromatic amines is 1. The topological polar surface area (TPSA) is 134 Å². The average molecular weight is 406 g/mol. The smallest absolute Gasteiger partial charge is 0.340 e. The number of aromatic nitrogens is 1. The number of nitrogens with zero attached hydrogens (tertiary/aromatic N) is 2. The van der Waals surface area contributed by atoms with E-state index in [0.29, 0.717) is 11.4 Å². The van der Waals surface area contributed by atoms with Gasteiger partial charge in [0, 0.05) is 24.2 Å². The van der Waals surface area contributed by atoms with Crippen LogP contribution in [0.2, 0.25) is 5.15 Å². The molecule has 1 atom stereocenters. The van der Waals surface area contributed by atoms with E-state index in [9.17, 15) is 14.4 Å². The van der Waals surface area contributed by atoms with Crippen molar-refractivity contribution in [3.05, 3.63) is 40.1 Å². The molecule has 0 saturated carbocycles. The van der Waals surface area contributed by atoms with E-state index in [4.69, 9.17) is 16.3 Å². The van der Waals surface area contributed by atoms with Gasteiger partial charge >= 0.3 is 11.9 Å². The first kappa shape index (κ1) is 19.4. The summed E-state index contributed by atoms with van der Waals surface area (Å²) in [6.45, 7) is 0. The third-order valence-electron chi connectivity index (χ3n) is 4.09. The number of amides is 1. The standard InChI is InChI=1S/C17H16ClN5O5/c1-27-12(24)5-8-13(17(26)28-2)10(22-15(8)18)6-11-14(20-4-3-19-11)9-7-21-23-16(9)25/h3-4,6-7,9,19,22H,5H2,1-2H3,(H,23,25). The maximum atomic E-state index is 12.3. The summed E-state index contributed by atoms with van der Waals surface area (Å²) < 4.78 is 9.48.